The second-order valence-corrected chi connectivity index (χ2v) is 10.3. The number of aliphatic imine (C=N–C) groups is 3. The SMILES string of the molecule is C=Nc1cc(C2CCN(C3CCOC3)CC2)c(Cl)cc1/C=N\CN/C(=C/N)C(C)=NCC(C)(C)O. The largest absolute Gasteiger partial charge is 0.403 e. The minimum Gasteiger partial charge on any atom is -0.403 e. The average molecular weight is 503 g/mol. The Morgan fingerprint density at radius 2 is 2.09 bits per heavy atom. The highest BCUT2D eigenvalue weighted by Gasteiger charge is 2.29. The van der Waals surface area contributed by atoms with Crippen LogP contribution >= 0.6 is 11.6 Å². The van der Waals surface area contributed by atoms with Gasteiger partial charge in [0.05, 0.1) is 35.8 Å². The van der Waals surface area contributed by atoms with Gasteiger partial charge in [-0.15, -0.1) is 0 Å². The number of likely N-dealkylation sites (tertiary alicyclic amines) is 1. The molecule has 1 atom stereocenters. The van der Waals surface area contributed by atoms with Crippen LogP contribution in [0, 0.1) is 0 Å². The van der Waals surface area contributed by atoms with E-state index in [0.717, 1.165) is 67.4 Å². The Morgan fingerprint density at radius 1 is 1.34 bits per heavy atom. The van der Waals surface area contributed by atoms with E-state index in [9.17, 15) is 5.11 Å². The number of nitrogens with zero attached hydrogens (tertiary/aromatic N) is 4. The van der Waals surface area contributed by atoms with Crippen molar-refractivity contribution in [2.75, 3.05) is 39.5 Å². The fourth-order valence-electron chi connectivity index (χ4n) is 4.51. The summed E-state index contributed by atoms with van der Waals surface area (Å²) in [6, 6.07) is 4.55. The van der Waals surface area contributed by atoms with Crippen LogP contribution in [0.4, 0.5) is 5.69 Å². The molecule has 0 amide bonds. The number of hydrogen-bond acceptors (Lipinski definition) is 8. The first-order chi connectivity index (χ1) is 16.7. The summed E-state index contributed by atoms with van der Waals surface area (Å²) in [7, 11) is 0. The number of halogens is 1. The van der Waals surface area contributed by atoms with Gasteiger partial charge in [0.25, 0.3) is 0 Å². The number of nitrogens with two attached hydrogens (primary N) is 1. The zero-order chi connectivity index (χ0) is 25.4. The van der Waals surface area contributed by atoms with Gasteiger partial charge in [0.15, 0.2) is 0 Å². The van der Waals surface area contributed by atoms with Gasteiger partial charge in [0.1, 0.15) is 6.67 Å². The molecule has 3 rings (SSSR count). The van der Waals surface area contributed by atoms with Crippen LogP contribution in [0.2, 0.25) is 5.02 Å². The van der Waals surface area contributed by atoms with Crippen molar-refractivity contribution in [1.29, 1.82) is 0 Å². The minimum absolute atomic E-state index is 0.286. The van der Waals surface area contributed by atoms with Crippen LogP contribution in [0.5, 0.6) is 0 Å². The minimum atomic E-state index is -0.874. The normalized spacial score (nSPS) is 21.1. The summed E-state index contributed by atoms with van der Waals surface area (Å²) in [6.07, 6.45) is 6.48. The van der Waals surface area contributed by atoms with E-state index in [1.807, 2.05) is 13.0 Å². The molecule has 0 aliphatic carbocycles. The van der Waals surface area contributed by atoms with Crippen molar-refractivity contribution in [3.8, 4) is 0 Å². The summed E-state index contributed by atoms with van der Waals surface area (Å²) in [5.74, 6) is 0.414. The lowest BCUT2D eigenvalue weighted by Crippen LogP contribution is -2.41. The molecular weight excluding hydrogens is 464 g/mol. The summed E-state index contributed by atoms with van der Waals surface area (Å²) in [4.78, 5) is 15.6. The van der Waals surface area contributed by atoms with Crippen molar-refractivity contribution in [1.82, 2.24) is 10.2 Å². The Morgan fingerprint density at radius 3 is 2.69 bits per heavy atom. The Bertz CT molecular complexity index is 955. The van der Waals surface area contributed by atoms with Crippen molar-refractivity contribution in [3.05, 3.63) is 40.2 Å². The first-order valence-electron chi connectivity index (χ1n) is 12.2. The first-order valence-corrected chi connectivity index (χ1v) is 12.6. The van der Waals surface area contributed by atoms with Gasteiger partial charge in [-0.3, -0.25) is 19.9 Å². The molecule has 0 radical (unpaired) electrons. The molecule has 1 unspecified atom stereocenters. The quantitative estimate of drug-likeness (QED) is 0.423. The Hall–Kier alpha value is -2.26. The van der Waals surface area contributed by atoms with Gasteiger partial charge in [-0.05, 0) is 83.5 Å². The van der Waals surface area contributed by atoms with Crippen molar-refractivity contribution >= 4 is 35.9 Å². The van der Waals surface area contributed by atoms with E-state index < -0.39 is 5.60 Å². The average Bonchev–Trinajstić information content (AvgIpc) is 3.37. The number of hydrogen-bond donors (Lipinski definition) is 3. The molecule has 0 saturated carbocycles. The van der Waals surface area contributed by atoms with Crippen LogP contribution in [-0.2, 0) is 4.74 Å². The number of allylic oxidation sites excluding steroid dienone is 1. The molecule has 0 spiro atoms. The maximum atomic E-state index is 9.86. The Labute approximate surface area is 214 Å². The van der Waals surface area contributed by atoms with E-state index in [-0.39, 0.29) is 6.54 Å². The molecule has 8 nitrogen and oxygen atoms in total. The topological polar surface area (TPSA) is 108 Å². The zero-order valence-electron chi connectivity index (χ0n) is 21.1. The van der Waals surface area contributed by atoms with E-state index in [0.29, 0.717) is 30.0 Å². The van der Waals surface area contributed by atoms with Gasteiger partial charge in [-0.2, -0.15) is 0 Å². The van der Waals surface area contributed by atoms with Crippen LogP contribution in [0.1, 0.15) is 57.1 Å². The van der Waals surface area contributed by atoms with Gasteiger partial charge in [-0.25, -0.2) is 0 Å². The molecular formula is C26H39ClN6O2. The third kappa shape index (κ3) is 7.87. The van der Waals surface area contributed by atoms with Crippen LogP contribution in [0.25, 0.3) is 0 Å². The second kappa shape index (κ2) is 12.6. The summed E-state index contributed by atoms with van der Waals surface area (Å²) in [5, 5.41) is 13.8. The molecule has 4 N–H and O–H groups in total. The van der Waals surface area contributed by atoms with E-state index in [1.165, 1.54) is 6.20 Å². The molecule has 1 aromatic rings. The van der Waals surface area contributed by atoms with E-state index in [4.69, 9.17) is 22.1 Å². The molecule has 35 heavy (non-hydrogen) atoms. The van der Waals surface area contributed by atoms with E-state index in [1.54, 1.807) is 20.1 Å². The van der Waals surface area contributed by atoms with Crippen LogP contribution in [0.15, 0.2) is 39.0 Å². The maximum Gasteiger partial charge on any atom is 0.107 e. The lowest BCUT2D eigenvalue weighted by Gasteiger charge is -2.35. The number of piperidine rings is 1. The molecule has 2 aliphatic rings. The lowest BCUT2D eigenvalue weighted by molar-refractivity contribution is 0.0904. The molecule has 0 aromatic heterocycles. The smallest absolute Gasteiger partial charge is 0.107 e. The molecule has 2 heterocycles. The number of nitrogens with one attached hydrogen (secondary N) is 1. The Kier molecular flexibility index (Phi) is 9.86. The predicted molar refractivity (Wildman–Crippen MR) is 146 cm³/mol. The Balaban J connectivity index is 1.60. The number of rotatable bonds is 10. The van der Waals surface area contributed by atoms with Gasteiger partial charge in [-0.1, -0.05) is 11.6 Å². The van der Waals surface area contributed by atoms with Crippen LogP contribution in [-0.4, -0.2) is 79.8 Å². The standard InChI is InChI=1S/C26H39ClN6O2/c1-18(31-16-26(2,3)34)25(13-28)32-17-30-14-20-11-23(27)22(12-24(20)29-4)19-5-8-33(9-6-19)21-7-10-35-15-21/h11-14,19,21,32,34H,4-10,15-17,28H2,1-3H3/b25-13+,30-14-,31-18?. The van der Waals surface area contributed by atoms with Gasteiger partial charge in [0, 0.05) is 35.6 Å². The molecule has 0 bridgehead atoms. The number of ether oxygens (including phenoxy) is 1. The van der Waals surface area contributed by atoms with Gasteiger partial charge < -0.3 is 20.9 Å². The molecule has 1 aromatic carbocycles. The van der Waals surface area contributed by atoms with Crippen molar-refractivity contribution in [2.45, 2.75) is 57.6 Å². The van der Waals surface area contributed by atoms with Crippen molar-refractivity contribution < 1.29 is 9.84 Å². The summed E-state index contributed by atoms with van der Waals surface area (Å²) < 4.78 is 5.56. The molecule has 2 aliphatic heterocycles. The molecule has 192 valence electrons. The van der Waals surface area contributed by atoms with Crippen molar-refractivity contribution in [2.24, 2.45) is 20.7 Å². The maximum absolute atomic E-state index is 9.86. The van der Waals surface area contributed by atoms with E-state index in [2.05, 4.69) is 38.0 Å². The molecule has 2 fully saturated rings. The lowest BCUT2D eigenvalue weighted by atomic mass is 9.88. The highest BCUT2D eigenvalue weighted by Crippen LogP contribution is 2.37. The predicted octanol–water partition coefficient (Wildman–Crippen LogP) is 3.64. The fourth-order valence-corrected chi connectivity index (χ4v) is 4.84. The molecule has 9 heteroatoms. The fraction of sp³-hybridized carbons (Fsp3) is 0.577. The van der Waals surface area contributed by atoms with Crippen LogP contribution in [0.3, 0.4) is 0 Å². The number of benzene rings is 1. The van der Waals surface area contributed by atoms with Gasteiger partial charge >= 0.3 is 0 Å². The summed E-state index contributed by atoms with van der Waals surface area (Å²) in [6.45, 7) is 13.5. The third-order valence-electron chi connectivity index (χ3n) is 6.56. The summed E-state index contributed by atoms with van der Waals surface area (Å²) >= 11 is 6.72. The highest BCUT2D eigenvalue weighted by atomic mass is 35.5. The highest BCUT2D eigenvalue weighted by molar-refractivity contribution is 6.32. The van der Waals surface area contributed by atoms with Gasteiger partial charge in [0.2, 0.25) is 0 Å². The van der Waals surface area contributed by atoms with E-state index >= 15 is 0 Å². The second-order valence-electron chi connectivity index (χ2n) is 9.86. The molecule has 2 saturated heterocycles. The summed E-state index contributed by atoms with van der Waals surface area (Å²) in [5.41, 5.74) is 8.96. The number of aliphatic hydroxyl groups is 1. The third-order valence-corrected chi connectivity index (χ3v) is 6.89. The van der Waals surface area contributed by atoms with Crippen molar-refractivity contribution in [3.63, 3.8) is 0 Å². The first kappa shape index (κ1) is 27.3. The monoisotopic (exact) mass is 502 g/mol. The zero-order valence-corrected chi connectivity index (χ0v) is 21.9. The van der Waals surface area contributed by atoms with Crippen LogP contribution < -0.4 is 11.1 Å².